The zero-order chi connectivity index (χ0) is 39.0. The standard InChI is InChI=1S/C54H57N3/c1-34-16-26-49-47(29-34)44-25-24-43(32-50(44)54(49,5)6)56(42-21-17-36(3)46(31-42)40-12-10-28-55-33-40)41-22-18-38(19-23-41)39-20-27-53-48(30-39)45-13-7-8-14-52(45)57(53)51-15-9-11-35(2)37(51)4/h7-9,12-16,18-27,31-37,39,51H,10-11,17,28-30H2,1-6H3. The van der Waals surface area contributed by atoms with E-state index in [4.69, 9.17) is 0 Å². The number of para-hydroxylation sites is 1. The maximum absolute atomic E-state index is 4.68. The molecule has 0 spiro atoms. The lowest BCUT2D eigenvalue weighted by molar-refractivity contribution is 0.292. The number of aromatic nitrogens is 1. The second-order valence-corrected chi connectivity index (χ2v) is 18.5. The average Bonchev–Trinajstić information content (AvgIpc) is 3.67. The van der Waals surface area contributed by atoms with Crippen molar-refractivity contribution in [1.82, 2.24) is 4.57 Å². The van der Waals surface area contributed by atoms with Gasteiger partial charge in [0.25, 0.3) is 0 Å². The fourth-order valence-corrected chi connectivity index (χ4v) is 10.9. The van der Waals surface area contributed by atoms with Crippen molar-refractivity contribution in [2.75, 3.05) is 11.4 Å². The first-order chi connectivity index (χ1) is 27.7. The fourth-order valence-electron chi connectivity index (χ4n) is 10.9. The number of hydrogen-bond acceptors (Lipinski definition) is 2. The van der Waals surface area contributed by atoms with Crippen LogP contribution in [0.2, 0.25) is 0 Å². The third-order valence-corrected chi connectivity index (χ3v) is 14.5. The molecule has 1 aliphatic heterocycles. The van der Waals surface area contributed by atoms with Gasteiger partial charge in [-0.05, 0) is 143 Å². The number of dihydropyridines is 1. The van der Waals surface area contributed by atoms with E-state index in [0.29, 0.717) is 35.6 Å². The van der Waals surface area contributed by atoms with Gasteiger partial charge in [-0.25, -0.2) is 0 Å². The van der Waals surface area contributed by atoms with Crippen LogP contribution in [0.25, 0.3) is 22.6 Å². The molecule has 288 valence electrons. The second-order valence-electron chi connectivity index (χ2n) is 18.5. The van der Waals surface area contributed by atoms with Crippen LogP contribution in [0.3, 0.4) is 0 Å². The minimum Gasteiger partial charge on any atom is -0.333 e. The molecule has 0 N–H and O–H groups in total. The van der Waals surface area contributed by atoms with E-state index in [1.807, 2.05) is 0 Å². The van der Waals surface area contributed by atoms with Gasteiger partial charge in [0.1, 0.15) is 0 Å². The van der Waals surface area contributed by atoms with Gasteiger partial charge in [0, 0.05) is 57.8 Å². The summed E-state index contributed by atoms with van der Waals surface area (Å²) in [6, 6.07) is 26.3. The smallest absolute Gasteiger partial charge is 0.0550 e. The van der Waals surface area contributed by atoms with Crippen LogP contribution < -0.4 is 4.90 Å². The summed E-state index contributed by atoms with van der Waals surface area (Å²) in [5, 5.41) is 1.41. The highest BCUT2D eigenvalue weighted by molar-refractivity contribution is 5.90. The summed E-state index contributed by atoms with van der Waals surface area (Å²) in [6.45, 7) is 15.3. The summed E-state index contributed by atoms with van der Waals surface area (Å²) in [4.78, 5) is 7.20. The van der Waals surface area contributed by atoms with Crippen LogP contribution in [-0.4, -0.2) is 17.3 Å². The van der Waals surface area contributed by atoms with Gasteiger partial charge >= 0.3 is 0 Å². The predicted molar refractivity (Wildman–Crippen MR) is 242 cm³/mol. The molecule has 57 heavy (non-hydrogen) atoms. The maximum atomic E-state index is 4.68. The highest BCUT2D eigenvalue weighted by atomic mass is 15.1. The Hall–Kier alpha value is -5.15. The molecule has 10 rings (SSSR count). The lowest BCUT2D eigenvalue weighted by atomic mass is 9.79. The Morgan fingerprint density at radius 2 is 1.65 bits per heavy atom. The Morgan fingerprint density at radius 3 is 2.47 bits per heavy atom. The van der Waals surface area contributed by atoms with Gasteiger partial charge in [-0.2, -0.15) is 0 Å². The highest BCUT2D eigenvalue weighted by Crippen LogP contribution is 2.52. The first-order valence-corrected chi connectivity index (χ1v) is 21.7. The number of hydrogen-bond donors (Lipinski definition) is 0. The molecule has 6 atom stereocenters. The van der Waals surface area contributed by atoms with E-state index in [9.17, 15) is 0 Å². The number of rotatable bonds is 6. The first kappa shape index (κ1) is 36.2. The highest BCUT2D eigenvalue weighted by Gasteiger charge is 2.39. The Labute approximate surface area is 340 Å². The van der Waals surface area contributed by atoms with Gasteiger partial charge < -0.3 is 9.47 Å². The SMILES string of the molecule is CC1C=CC2=C(C1)c1ccc(N(C3=CCC(C)C(C4=CCCN=C4)=C3)c3ccc(C4C=Cc5c(c6ccccc6n5C5C=CCC(C)C5C)C4)cc3)cc1C2(C)C. The van der Waals surface area contributed by atoms with E-state index < -0.39 is 0 Å². The molecule has 5 aliphatic carbocycles. The van der Waals surface area contributed by atoms with Gasteiger partial charge in [0.2, 0.25) is 0 Å². The summed E-state index contributed by atoms with van der Waals surface area (Å²) < 4.78 is 2.64. The Morgan fingerprint density at radius 1 is 0.825 bits per heavy atom. The third-order valence-electron chi connectivity index (χ3n) is 14.5. The third kappa shape index (κ3) is 6.03. The molecule has 0 bridgehead atoms. The monoisotopic (exact) mass is 747 g/mol. The zero-order valence-corrected chi connectivity index (χ0v) is 34.7. The number of anilines is 2. The van der Waals surface area contributed by atoms with Gasteiger partial charge in [-0.15, -0.1) is 0 Å². The molecule has 0 radical (unpaired) electrons. The van der Waals surface area contributed by atoms with Gasteiger partial charge in [-0.1, -0.05) is 120 Å². The van der Waals surface area contributed by atoms with Crippen LogP contribution in [0, 0.1) is 23.7 Å². The van der Waals surface area contributed by atoms with Crippen molar-refractivity contribution in [2.24, 2.45) is 28.7 Å². The molecule has 6 unspecified atom stereocenters. The largest absolute Gasteiger partial charge is 0.333 e. The first-order valence-electron chi connectivity index (χ1n) is 21.7. The molecule has 1 aromatic heterocycles. The quantitative estimate of drug-likeness (QED) is 0.180. The number of benzene rings is 3. The molecule has 4 aromatic rings. The fraction of sp³-hybridized carbons (Fsp3) is 0.352. The number of fused-ring (bicyclic) bond motifs is 5. The molecule has 6 aliphatic rings. The molecule has 3 aromatic carbocycles. The van der Waals surface area contributed by atoms with E-state index in [0.717, 1.165) is 32.2 Å². The molecule has 0 saturated heterocycles. The van der Waals surface area contributed by atoms with Crippen LogP contribution in [0.4, 0.5) is 11.4 Å². The van der Waals surface area contributed by atoms with Crippen molar-refractivity contribution in [2.45, 2.75) is 91.0 Å². The number of allylic oxidation sites excluding steroid dienone is 11. The molecule has 0 amide bonds. The molecular formula is C54H57N3. The molecule has 3 heteroatoms. The Balaban J connectivity index is 1.02. The van der Waals surface area contributed by atoms with Crippen LogP contribution in [0.15, 0.2) is 143 Å². The summed E-state index contributed by atoms with van der Waals surface area (Å²) in [7, 11) is 0. The average molecular weight is 748 g/mol. The van der Waals surface area contributed by atoms with Crippen molar-refractivity contribution in [3.05, 3.63) is 166 Å². The van der Waals surface area contributed by atoms with Crippen LogP contribution >= 0.6 is 0 Å². The summed E-state index contributed by atoms with van der Waals surface area (Å²) in [5.74, 6) is 2.62. The van der Waals surface area contributed by atoms with Gasteiger partial charge in [-0.3, -0.25) is 4.99 Å². The normalized spacial score (nSPS) is 27.2. The second kappa shape index (κ2) is 14.0. The molecule has 0 saturated carbocycles. The van der Waals surface area contributed by atoms with E-state index in [1.165, 1.54) is 84.6 Å². The van der Waals surface area contributed by atoms with Gasteiger partial charge in [0.05, 0.1) is 6.04 Å². The molecule has 3 nitrogen and oxygen atoms in total. The van der Waals surface area contributed by atoms with Crippen LogP contribution in [-0.2, 0) is 11.8 Å². The van der Waals surface area contributed by atoms with Crippen molar-refractivity contribution >= 4 is 40.1 Å². The van der Waals surface area contributed by atoms with E-state index in [1.54, 1.807) is 0 Å². The predicted octanol–water partition coefficient (Wildman–Crippen LogP) is 13.8. The maximum Gasteiger partial charge on any atom is 0.0550 e. The lowest BCUT2D eigenvalue weighted by Crippen LogP contribution is -2.25. The minimum atomic E-state index is -0.0362. The van der Waals surface area contributed by atoms with Crippen molar-refractivity contribution in [3.63, 3.8) is 0 Å². The molecule has 0 fully saturated rings. The van der Waals surface area contributed by atoms with Crippen LogP contribution in [0.5, 0.6) is 0 Å². The topological polar surface area (TPSA) is 20.5 Å². The zero-order valence-electron chi connectivity index (χ0n) is 34.7. The lowest BCUT2D eigenvalue weighted by Gasteiger charge is -2.33. The summed E-state index contributed by atoms with van der Waals surface area (Å²) in [6.07, 6.45) is 29.3. The molecule has 2 heterocycles. The van der Waals surface area contributed by atoms with Crippen molar-refractivity contribution < 1.29 is 0 Å². The van der Waals surface area contributed by atoms with E-state index in [2.05, 4.69) is 184 Å². The van der Waals surface area contributed by atoms with Crippen LogP contribution in [0.1, 0.15) is 107 Å². The van der Waals surface area contributed by atoms with Gasteiger partial charge in [0.15, 0.2) is 0 Å². The Bertz CT molecular complexity index is 2520. The number of nitrogens with zero attached hydrogens (tertiary/aromatic N) is 3. The summed E-state index contributed by atoms with van der Waals surface area (Å²) in [5.41, 5.74) is 17.8. The van der Waals surface area contributed by atoms with E-state index >= 15 is 0 Å². The number of aliphatic imine (C=N–C) groups is 1. The Kier molecular flexibility index (Phi) is 8.92. The van der Waals surface area contributed by atoms with Crippen molar-refractivity contribution in [1.29, 1.82) is 0 Å². The van der Waals surface area contributed by atoms with Crippen molar-refractivity contribution in [3.8, 4) is 0 Å². The molecular weight excluding hydrogens is 691 g/mol. The minimum absolute atomic E-state index is 0.0362. The summed E-state index contributed by atoms with van der Waals surface area (Å²) >= 11 is 0. The van der Waals surface area contributed by atoms with E-state index in [-0.39, 0.29) is 5.41 Å².